The molecule has 242 valence electrons. The van der Waals surface area contributed by atoms with Crippen molar-refractivity contribution in [3.8, 4) is 56.4 Å². The van der Waals surface area contributed by atoms with E-state index < -0.39 is 0 Å². The fourth-order valence-corrected chi connectivity index (χ4v) is 6.80. The molecular weight excluding hydrogens is 627 g/mol. The summed E-state index contributed by atoms with van der Waals surface area (Å²) >= 11 is 0. The minimum atomic E-state index is 0.541. The van der Waals surface area contributed by atoms with Crippen LogP contribution in [0.25, 0.3) is 101 Å². The van der Waals surface area contributed by atoms with Gasteiger partial charge in [0.15, 0.2) is 17.5 Å². The molecule has 9 aromatic rings. The summed E-state index contributed by atoms with van der Waals surface area (Å²) in [5.74, 6) is 2.39. The highest BCUT2D eigenvalue weighted by atomic mass is 16.3. The quantitative estimate of drug-likeness (QED) is 0.171. The predicted octanol–water partition coefficient (Wildman–Crippen LogP) is 12.5. The van der Waals surface area contributed by atoms with Gasteiger partial charge in [-0.2, -0.15) is 0 Å². The molecular formula is C46H31N3O2. The molecule has 0 saturated heterocycles. The van der Waals surface area contributed by atoms with E-state index in [9.17, 15) is 0 Å². The second kappa shape index (κ2) is 12.6. The first-order valence-electron chi connectivity index (χ1n) is 16.9. The van der Waals surface area contributed by atoms with Gasteiger partial charge in [-0.05, 0) is 65.6 Å². The molecule has 5 nitrogen and oxygen atoms in total. The Morgan fingerprint density at radius 2 is 1.08 bits per heavy atom. The van der Waals surface area contributed by atoms with Gasteiger partial charge in [0.25, 0.3) is 0 Å². The highest BCUT2D eigenvalue weighted by Gasteiger charge is 2.20. The molecule has 0 saturated carbocycles. The molecule has 0 aliphatic rings. The molecule has 0 radical (unpaired) electrons. The van der Waals surface area contributed by atoms with Crippen LogP contribution in [0.5, 0.6) is 0 Å². The van der Waals surface area contributed by atoms with Crippen LogP contribution in [0.4, 0.5) is 0 Å². The Hall–Kier alpha value is -6.85. The van der Waals surface area contributed by atoms with Crippen LogP contribution in [0.15, 0.2) is 161 Å². The van der Waals surface area contributed by atoms with Crippen molar-refractivity contribution < 1.29 is 8.83 Å². The molecule has 3 aromatic heterocycles. The Morgan fingerprint density at radius 3 is 1.86 bits per heavy atom. The van der Waals surface area contributed by atoms with Crippen molar-refractivity contribution in [3.63, 3.8) is 0 Å². The number of hydrogen-bond donors (Lipinski definition) is 0. The number of furan rings is 2. The lowest BCUT2D eigenvalue weighted by atomic mass is 9.99. The minimum absolute atomic E-state index is 0.541. The number of rotatable bonds is 7. The summed E-state index contributed by atoms with van der Waals surface area (Å²) in [5.41, 5.74) is 10.3. The molecule has 0 amide bonds. The van der Waals surface area contributed by atoms with Gasteiger partial charge in [0.2, 0.25) is 0 Å². The zero-order valence-corrected chi connectivity index (χ0v) is 27.9. The summed E-state index contributed by atoms with van der Waals surface area (Å²) in [6.07, 6.45) is 5.74. The Bertz CT molecular complexity index is 2770. The van der Waals surface area contributed by atoms with Gasteiger partial charge < -0.3 is 8.83 Å². The number of allylic oxidation sites excluding steroid dienone is 1. The standard InChI is InChI=1S/C46H31N3O2/c1-3-12-39-35(4-2)43-38(18-11-20-41(43)50-39)46-48-44(47-45(49-46)34-25-26-37-36-17-8-9-19-40(36)51-42(37)28-34)33-16-10-15-32(27-33)31-23-21-30(22-24-31)29-13-6-5-7-14-29/h3-28H,2H2,1H3/b12-3-. The lowest BCUT2D eigenvalue weighted by molar-refractivity contribution is 0.603. The van der Waals surface area contributed by atoms with E-state index >= 15 is 0 Å². The van der Waals surface area contributed by atoms with Crippen molar-refractivity contribution in [2.24, 2.45) is 0 Å². The van der Waals surface area contributed by atoms with Crippen molar-refractivity contribution in [2.45, 2.75) is 6.92 Å². The average molecular weight is 658 g/mol. The van der Waals surface area contributed by atoms with Gasteiger partial charge in [-0.15, -0.1) is 0 Å². The zero-order chi connectivity index (χ0) is 34.3. The second-order valence-corrected chi connectivity index (χ2v) is 12.4. The zero-order valence-electron chi connectivity index (χ0n) is 27.9. The van der Waals surface area contributed by atoms with Crippen molar-refractivity contribution in [3.05, 3.63) is 164 Å². The van der Waals surface area contributed by atoms with E-state index in [0.29, 0.717) is 17.5 Å². The van der Waals surface area contributed by atoms with Crippen molar-refractivity contribution in [2.75, 3.05) is 0 Å². The van der Waals surface area contributed by atoms with Gasteiger partial charge in [-0.25, -0.2) is 15.0 Å². The van der Waals surface area contributed by atoms with Gasteiger partial charge in [0.1, 0.15) is 22.5 Å². The van der Waals surface area contributed by atoms with E-state index in [2.05, 4.69) is 91.5 Å². The number of hydrogen-bond acceptors (Lipinski definition) is 5. The van der Waals surface area contributed by atoms with Gasteiger partial charge in [0, 0.05) is 38.4 Å². The molecule has 0 aliphatic heterocycles. The number of benzene rings is 6. The molecule has 9 rings (SSSR count). The van der Waals surface area contributed by atoms with Crippen molar-refractivity contribution in [1.82, 2.24) is 15.0 Å². The van der Waals surface area contributed by atoms with Crippen LogP contribution >= 0.6 is 0 Å². The third-order valence-corrected chi connectivity index (χ3v) is 9.26. The summed E-state index contributed by atoms with van der Waals surface area (Å²) in [4.78, 5) is 15.3. The molecule has 3 heterocycles. The van der Waals surface area contributed by atoms with Gasteiger partial charge in [-0.3, -0.25) is 0 Å². The number of nitrogens with zero attached hydrogens (tertiary/aromatic N) is 3. The Balaban J connectivity index is 1.21. The predicted molar refractivity (Wildman–Crippen MR) is 209 cm³/mol. The summed E-state index contributed by atoms with van der Waals surface area (Å²) in [7, 11) is 0. The van der Waals surface area contributed by atoms with Crippen LogP contribution < -0.4 is 0 Å². The fourth-order valence-electron chi connectivity index (χ4n) is 6.80. The summed E-state index contributed by atoms with van der Waals surface area (Å²) in [6, 6.07) is 47.6. The summed E-state index contributed by atoms with van der Waals surface area (Å²) < 4.78 is 12.5. The smallest absolute Gasteiger partial charge is 0.164 e. The molecule has 0 spiro atoms. The van der Waals surface area contributed by atoms with E-state index in [1.54, 1.807) is 0 Å². The van der Waals surface area contributed by atoms with Crippen LogP contribution in [0.2, 0.25) is 0 Å². The SMILES string of the molecule is C=Cc1c(/C=C\C)oc2cccc(-c3nc(-c4cccc(-c5ccc(-c6ccccc6)cc5)c4)nc(-c4ccc5c(c4)oc4ccccc45)n3)c12. The topological polar surface area (TPSA) is 65.0 Å². The van der Waals surface area contributed by atoms with Crippen LogP contribution in [0.3, 0.4) is 0 Å². The first-order chi connectivity index (χ1) is 25.2. The fraction of sp³-hybridized carbons (Fsp3) is 0.0217. The highest BCUT2D eigenvalue weighted by Crippen LogP contribution is 2.38. The van der Waals surface area contributed by atoms with E-state index in [-0.39, 0.29) is 0 Å². The van der Waals surface area contributed by atoms with E-state index in [0.717, 1.165) is 72.0 Å². The van der Waals surface area contributed by atoms with Gasteiger partial charge in [0.05, 0.1) is 0 Å². The Morgan fingerprint density at radius 1 is 0.490 bits per heavy atom. The average Bonchev–Trinajstić information content (AvgIpc) is 3.75. The van der Waals surface area contributed by atoms with Crippen molar-refractivity contribution in [1.29, 1.82) is 0 Å². The Kier molecular flexibility index (Phi) is 7.44. The number of aromatic nitrogens is 3. The maximum atomic E-state index is 6.26. The monoisotopic (exact) mass is 657 g/mol. The number of fused-ring (bicyclic) bond motifs is 4. The van der Waals surface area contributed by atoms with Gasteiger partial charge in [-0.1, -0.05) is 128 Å². The molecule has 0 N–H and O–H groups in total. The summed E-state index contributed by atoms with van der Waals surface area (Å²) in [6.45, 7) is 6.08. The molecule has 51 heavy (non-hydrogen) atoms. The third-order valence-electron chi connectivity index (χ3n) is 9.26. The molecule has 0 aliphatic carbocycles. The van der Waals surface area contributed by atoms with E-state index in [1.807, 2.05) is 79.7 Å². The molecule has 0 bridgehead atoms. The highest BCUT2D eigenvalue weighted by molar-refractivity contribution is 6.06. The molecule has 6 aromatic carbocycles. The Labute approximate surface area is 294 Å². The summed E-state index contributed by atoms with van der Waals surface area (Å²) in [5, 5.41) is 3.03. The van der Waals surface area contributed by atoms with Crippen LogP contribution in [0.1, 0.15) is 18.2 Å². The first kappa shape index (κ1) is 30.2. The maximum absolute atomic E-state index is 6.26. The lowest BCUT2D eigenvalue weighted by Gasteiger charge is -2.11. The lowest BCUT2D eigenvalue weighted by Crippen LogP contribution is -2.00. The van der Waals surface area contributed by atoms with Gasteiger partial charge >= 0.3 is 0 Å². The minimum Gasteiger partial charge on any atom is -0.456 e. The van der Waals surface area contributed by atoms with Crippen LogP contribution in [-0.2, 0) is 0 Å². The third kappa shape index (κ3) is 5.42. The number of para-hydroxylation sites is 1. The first-order valence-corrected chi connectivity index (χ1v) is 16.9. The molecule has 0 fully saturated rings. The van der Waals surface area contributed by atoms with E-state index in [4.69, 9.17) is 23.8 Å². The molecule has 0 atom stereocenters. The maximum Gasteiger partial charge on any atom is 0.164 e. The van der Waals surface area contributed by atoms with Crippen LogP contribution in [0, 0.1) is 0 Å². The molecule has 5 heteroatoms. The van der Waals surface area contributed by atoms with Crippen molar-refractivity contribution >= 4 is 45.1 Å². The largest absolute Gasteiger partial charge is 0.456 e. The van der Waals surface area contributed by atoms with E-state index in [1.165, 1.54) is 11.1 Å². The second-order valence-electron chi connectivity index (χ2n) is 12.4. The van der Waals surface area contributed by atoms with Crippen LogP contribution in [-0.4, -0.2) is 15.0 Å². The normalized spacial score (nSPS) is 11.6. The molecule has 0 unspecified atom stereocenters.